The van der Waals surface area contributed by atoms with Crippen LogP contribution >= 0.6 is 0 Å². The van der Waals surface area contributed by atoms with Gasteiger partial charge >= 0.3 is 11.9 Å². The third-order valence-corrected chi connectivity index (χ3v) is 11.5. The number of ether oxygens (including phenoxy) is 6. The largest absolute Gasteiger partial charge is 0.462 e. The number of hydrogen-bond acceptors (Lipinski definition) is 15. The van der Waals surface area contributed by atoms with E-state index in [0.717, 1.165) is 64.2 Å². The van der Waals surface area contributed by atoms with Gasteiger partial charge in [0, 0.05) is 6.42 Å². The highest BCUT2D eigenvalue weighted by Gasteiger charge is 2.47. The quantitative estimate of drug-likeness (QED) is 0.0196. The number of unbranched alkanes of at least 4 members (excludes halogenated alkanes) is 12. The van der Waals surface area contributed by atoms with Crippen molar-refractivity contribution in [1.82, 2.24) is 0 Å². The van der Waals surface area contributed by atoms with E-state index in [1.165, 1.54) is 44.9 Å². The third kappa shape index (κ3) is 27.1. The summed E-state index contributed by atoms with van der Waals surface area (Å²) in [6.07, 6.45) is 28.2. The van der Waals surface area contributed by atoms with Crippen LogP contribution in [0.4, 0.5) is 0 Å². The van der Waals surface area contributed by atoms with Gasteiger partial charge in [0.2, 0.25) is 0 Å². The monoisotopic (exact) mass is 951 g/mol. The number of allylic oxidation sites excluding steroid dienone is 11. The zero-order chi connectivity index (χ0) is 48.9. The van der Waals surface area contributed by atoms with Gasteiger partial charge in [-0.2, -0.15) is 0 Å². The standard InChI is InChI=1S/C52H86O15/c1-3-5-7-9-11-13-15-17-19-21-22-24-26-28-30-32-34-43(54)62-37-40(65-44(55)35-33-31-29-27-25-23-20-18-16-14-12-10-8-6-4-2)38-63-51-50(61)48(59)46(57)42(67-51)39-64-52-49(60)47(58)45(56)41(36-53)66-52/h6,8,12,14,18-21,25,27,31,33,40-42,45-53,56-61H,3-5,7,9-11,13,15-17,22-24,26,28-30,32,34-39H2,1-2H3/b8-6-,14-12-,20-18-,21-19-,27-25-,33-31-. The van der Waals surface area contributed by atoms with Crippen molar-refractivity contribution in [1.29, 1.82) is 0 Å². The average molecular weight is 951 g/mol. The molecule has 0 spiro atoms. The first-order chi connectivity index (χ1) is 32.5. The number of hydrogen-bond donors (Lipinski definition) is 7. The van der Waals surface area contributed by atoms with Gasteiger partial charge in [0.1, 0.15) is 55.4 Å². The van der Waals surface area contributed by atoms with E-state index in [1.807, 2.05) is 18.2 Å². The molecule has 11 unspecified atom stereocenters. The molecule has 0 aromatic carbocycles. The molecule has 0 aromatic rings. The lowest BCUT2D eigenvalue weighted by Crippen LogP contribution is -2.61. The Morgan fingerprint density at radius 3 is 1.54 bits per heavy atom. The molecule has 384 valence electrons. The van der Waals surface area contributed by atoms with Crippen LogP contribution in [0, 0.1) is 0 Å². The Balaban J connectivity index is 1.86. The zero-order valence-electron chi connectivity index (χ0n) is 40.4. The van der Waals surface area contributed by atoms with Gasteiger partial charge in [0.25, 0.3) is 0 Å². The summed E-state index contributed by atoms with van der Waals surface area (Å²) in [5.74, 6) is -1.09. The van der Waals surface area contributed by atoms with Crippen molar-refractivity contribution in [3.05, 3.63) is 72.9 Å². The van der Waals surface area contributed by atoms with Crippen LogP contribution in [-0.4, -0.2) is 142 Å². The Morgan fingerprint density at radius 2 is 0.985 bits per heavy atom. The van der Waals surface area contributed by atoms with E-state index >= 15 is 0 Å². The van der Waals surface area contributed by atoms with Crippen LogP contribution in [0.3, 0.4) is 0 Å². The molecule has 0 amide bonds. The van der Waals surface area contributed by atoms with Crippen molar-refractivity contribution in [3.63, 3.8) is 0 Å². The molecule has 0 aliphatic carbocycles. The van der Waals surface area contributed by atoms with Gasteiger partial charge in [-0.3, -0.25) is 9.59 Å². The fourth-order valence-corrected chi connectivity index (χ4v) is 7.34. The molecule has 0 saturated carbocycles. The van der Waals surface area contributed by atoms with Gasteiger partial charge in [-0.1, -0.05) is 145 Å². The Morgan fingerprint density at radius 1 is 0.507 bits per heavy atom. The molecule has 2 heterocycles. The molecule has 2 rings (SSSR count). The molecular formula is C52H86O15. The molecule has 2 aliphatic heterocycles. The number of carbonyl (C=O) groups is 2. The first kappa shape index (κ1) is 60.1. The Hall–Kier alpha value is -3.06. The van der Waals surface area contributed by atoms with Gasteiger partial charge in [0.05, 0.1) is 26.2 Å². The highest BCUT2D eigenvalue weighted by atomic mass is 16.7. The summed E-state index contributed by atoms with van der Waals surface area (Å²) in [6.45, 7) is 2.34. The SMILES string of the molecule is CC/C=C\C/C=C\C/C=C\C/C=C\C/C=C\CC(=O)OC(COC(=O)CCCCCCC/C=C\CCCCCCCCC)COC1OC(COC2OC(CO)C(O)C(O)C2O)C(O)C(O)C1O. The second-order valence-electron chi connectivity index (χ2n) is 17.3. The zero-order valence-corrected chi connectivity index (χ0v) is 40.4. The van der Waals surface area contributed by atoms with E-state index in [4.69, 9.17) is 28.4 Å². The van der Waals surface area contributed by atoms with Crippen LogP contribution in [0.1, 0.15) is 149 Å². The van der Waals surface area contributed by atoms with Crippen LogP contribution in [0.25, 0.3) is 0 Å². The Bertz CT molecular complexity index is 1440. The third-order valence-electron chi connectivity index (χ3n) is 11.5. The molecule has 15 heteroatoms. The van der Waals surface area contributed by atoms with E-state index in [-0.39, 0.29) is 19.4 Å². The first-order valence-corrected chi connectivity index (χ1v) is 25.0. The van der Waals surface area contributed by atoms with Crippen molar-refractivity contribution < 1.29 is 73.8 Å². The lowest BCUT2D eigenvalue weighted by atomic mass is 9.98. The minimum absolute atomic E-state index is 0.0716. The lowest BCUT2D eigenvalue weighted by molar-refractivity contribution is -0.332. The topological polar surface area (TPSA) is 231 Å². The lowest BCUT2D eigenvalue weighted by Gasteiger charge is -2.42. The predicted octanol–water partition coefficient (Wildman–Crippen LogP) is 6.65. The van der Waals surface area contributed by atoms with Gasteiger partial charge in [0.15, 0.2) is 18.7 Å². The summed E-state index contributed by atoms with van der Waals surface area (Å²) in [6, 6.07) is 0. The molecule has 2 saturated heterocycles. The molecule has 67 heavy (non-hydrogen) atoms. The maximum absolute atomic E-state index is 12.9. The van der Waals surface area contributed by atoms with E-state index in [0.29, 0.717) is 12.8 Å². The molecule has 0 radical (unpaired) electrons. The molecular weight excluding hydrogens is 865 g/mol. The Labute approximate surface area is 400 Å². The minimum Gasteiger partial charge on any atom is -0.462 e. The normalized spacial score (nSPS) is 26.6. The van der Waals surface area contributed by atoms with Crippen LogP contribution in [0.5, 0.6) is 0 Å². The second kappa shape index (κ2) is 38.8. The van der Waals surface area contributed by atoms with Crippen LogP contribution in [0.2, 0.25) is 0 Å². The van der Waals surface area contributed by atoms with Crippen molar-refractivity contribution in [3.8, 4) is 0 Å². The van der Waals surface area contributed by atoms with E-state index in [1.54, 1.807) is 6.08 Å². The van der Waals surface area contributed by atoms with E-state index in [2.05, 4.69) is 62.5 Å². The average Bonchev–Trinajstić information content (AvgIpc) is 3.32. The van der Waals surface area contributed by atoms with Crippen molar-refractivity contribution in [2.24, 2.45) is 0 Å². The summed E-state index contributed by atoms with van der Waals surface area (Å²) in [4.78, 5) is 25.7. The van der Waals surface area contributed by atoms with Gasteiger partial charge in [-0.15, -0.1) is 0 Å². The number of esters is 2. The van der Waals surface area contributed by atoms with Crippen molar-refractivity contribution in [2.75, 3.05) is 26.4 Å². The van der Waals surface area contributed by atoms with Gasteiger partial charge < -0.3 is 64.2 Å². The molecule has 7 N–H and O–H groups in total. The van der Waals surface area contributed by atoms with E-state index in [9.17, 15) is 45.3 Å². The smallest absolute Gasteiger partial charge is 0.310 e. The number of rotatable bonds is 37. The Kier molecular flexibility index (Phi) is 34.7. The number of aliphatic hydroxyl groups is 7. The maximum atomic E-state index is 12.9. The highest BCUT2D eigenvalue weighted by molar-refractivity contribution is 5.71. The summed E-state index contributed by atoms with van der Waals surface area (Å²) in [7, 11) is 0. The van der Waals surface area contributed by atoms with E-state index < -0.39 is 99.3 Å². The molecule has 2 aliphatic rings. The van der Waals surface area contributed by atoms with Crippen LogP contribution in [-0.2, 0) is 38.0 Å². The molecule has 2 fully saturated rings. The highest BCUT2D eigenvalue weighted by Crippen LogP contribution is 2.26. The summed E-state index contributed by atoms with van der Waals surface area (Å²) < 4.78 is 33.4. The first-order valence-electron chi connectivity index (χ1n) is 25.0. The number of aliphatic hydroxyl groups excluding tert-OH is 7. The molecule has 11 atom stereocenters. The number of carbonyl (C=O) groups excluding carboxylic acids is 2. The molecule has 0 bridgehead atoms. The fraction of sp³-hybridized carbons (Fsp3) is 0.731. The molecule has 15 nitrogen and oxygen atoms in total. The van der Waals surface area contributed by atoms with Crippen molar-refractivity contribution in [2.45, 2.75) is 216 Å². The maximum Gasteiger partial charge on any atom is 0.310 e. The van der Waals surface area contributed by atoms with Crippen molar-refractivity contribution >= 4 is 11.9 Å². The van der Waals surface area contributed by atoms with Crippen LogP contribution < -0.4 is 0 Å². The second-order valence-corrected chi connectivity index (χ2v) is 17.3. The minimum atomic E-state index is -1.78. The predicted molar refractivity (Wildman–Crippen MR) is 256 cm³/mol. The molecule has 0 aromatic heterocycles. The van der Waals surface area contributed by atoms with Gasteiger partial charge in [-0.05, 0) is 64.2 Å². The van der Waals surface area contributed by atoms with Crippen LogP contribution in [0.15, 0.2) is 72.9 Å². The van der Waals surface area contributed by atoms with Gasteiger partial charge in [-0.25, -0.2) is 0 Å². The summed E-state index contributed by atoms with van der Waals surface area (Å²) >= 11 is 0. The fourth-order valence-electron chi connectivity index (χ4n) is 7.34. The summed E-state index contributed by atoms with van der Waals surface area (Å²) in [5.41, 5.74) is 0. The summed E-state index contributed by atoms with van der Waals surface area (Å²) in [5, 5.41) is 72.0.